The highest BCUT2D eigenvalue weighted by Crippen LogP contribution is 1.83. The molecule has 0 radical (unpaired) electrons. The maximum Gasteiger partial charge on any atom is 0.404 e. The van der Waals surface area contributed by atoms with Crippen molar-refractivity contribution in [3.63, 3.8) is 0 Å². The molecule has 0 unspecified atom stereocenters. The van der Waals surface area contributed by atoms with E-state index in [2.05, 4.69) is 28.1 Å². The third-order valence-corrected chi connectivity index (χ3v) is 0.949. The van der Waals surface area contributed by atoms with E-state index in [1.54, 1.807) is 0 Å². The van der Waals surface area contributed by atoms with Crippen LogP contribution in [0.15, 0.2) is 0 Å². The molecule has 0 bridgehead atoms. The Kier molecular flexibility index (Phi) is 5.94. The summed E-state index contributed by atoms with van der Waals surface area (Å²) in [6, 6.07) is 0. The Balaban J connectivity index is 0. The monoisotopic (exact) mass is 183 g/mol. The van der Waals surface area contributed by atoms with Gasteiger partial charge in [-0.3, -0.25) is 0 Å². The van der Waals surface area contributed by atoms with Gasteiger partial charge in [0, 0.05) is 0 Å². The van der Waals surface area contributed by atoms with Crippen molar-refractivity contribution >= 4 is 9.05 Å². The second-order valence-electron chi connectivity index (χ2n) is 3.18. The first kappa shape index (κ1) is 13.6. The highest BCUT2D eigenvalue weighted by Gasteiger charge is 2.01. The molecule has 0 spiro atoms. The van der Waals surface area contributed by atoms with E-state index < -0.39 is 9.05 Å². The minimum Gasteiger partial charge on any atom is -0.794 e. The molecular formula is C5H17NO4Si. The first-order valence-corrected chi connectivity index (χ1v) is 4.99. The third-order valence-electron chi connectivity index (χ3n) is 0.949. The minimum absolute atomic E-state index is 1.07. The lowest BCUT2D eigenvalue weighted by Gasteiger charge is -2.20. The number of nitrogens with zero attached hydrogens (tertiary/aromatic N) is 1. The normalized spacial score (nSPS) is 12.0. The molecule has 0 aromatic carbocycles. The van der Waals surface area contributed by atoms with Crippen molar-refractivity contribution in [2.24, 2.45) is 0 Å². The summed E-state index contributed by atoms with van der Waals surface area (Å²) < 4.78 is 1.07. The van der Waals surface area contributed by atoms with E-state index in [-0.39, 0.29) is 0 Å². The number of hydrogen-bond donors (Lipinski definition) is 3. The molecule has 0 amide bonds. The minimum atomic E-state index is -4.86. The summed E-state index contributed by atoms with van der Waals surface area (Å²) in [5.41, 5.74) is 0. The van der Waals surface area contributed by atoms with Crippen molar-refractivity contribution in [2.45, 2.75) is 6.92 Å². The van der Waals surface area contributed by atoms with Gasteiger partial charge in [-0.1, -0.05) is 0 Å². The zero-order valence-electron chi connectivity index (χ0n) is 7.40. The summed E-state index contributed by atoms with van der Waals surface area (Å²) in [6.45, 7) is 3.39. The number of hydrogen-bond acceptors (Lipinski definition) is 4. The van der Waals surface area contributed by atoms with Crippen molar-refractivity contribution in [1.29, 1.82) is 0 Å². The van der Waals surface area contributed by atoms with Gasteiger partial charge in [0.1, 0.15) is 0 Å². The molecule has 0 aromatic heterocycles. The fraction of sp³-hybridized carbons (Fsp3) is 1.00. The molecule has 0 aliphatic carbocycles. The molecule has 0 aliphatic heterocycles. The van der Waals surface area contributed by atoms with Gasteiger partial charge in [0.25, 0.3) is 0 Å². The lowest BCUT2D eigenvalue weighted by atomic mass is 10.6. The van der Waals surface area contributed by atoms with Gasteiger partial charge in [-0.2, -0.15) is 0 Å². The second kappa shape index (κ2) is 4.81. The molecule has 0 fully saturated rings. The Hall–Kier alpha value is 0.0169. The lowest BCUT2D eigenvalue weighted by Crippen LogP contribution is -2.50. The molecule has 0 saturated heterocycles. The summed E-state index contributed by atoms with van der Waals surface area (Å²) >= 11 is 0. The SMILES string of the molecule is CC[N+](C)(C)C.[O-][Si](O)(O)O. The molecule has 0 rings (SSSR count). The predicted octanol–water partition coefficient (Wildman–Crippen LogP) is -2.53. The van der Waals surface area contributed by atoms with Gasteiger partial charge in [-0.25, -0.2) is 0 Å². The van der Waals surface area contributed by atoms with Crippen LogP contribution in [0.1, 0.15) is 6.92 Å². The maximum atomic E-state index is 8.91. The number of rotatable bonds is 1. The molecule has 0 aliphatic rings. The molecule has 3 N–H and O–H groups in total. The van der Waals surface area contributed by atoms with Crippen molar-refractivity contribution < 1.29 is 23.7 Å². The van der Waals surface area contributed by atoms with Crippen LogP contribution in [-0.2, 0) is 0 Å². The quantitative estimate of drug-likeness (QED) is 0.309. The van der Waals surface area contributed by atoms with Gasteiger partial charge >= 0.3 is 9.05 Å². The Morgan fingerprint density at radius 2 is 1.27 bits per heavy atom. The molecule has 70 valence electrons. The van der Waals surface area contributed by atoms with Crippen LogP contribution in [0.4, 0.5) is 0 Å². The van der Waals surface area contributed by atoms with Crippen molar-refractivity contribution in [1.82, 2.24) is 0 Å². The molecule has 0 aromatic rings. The number of quaternary nitrogens is 1. The Bertz CT molecular complexity index is 89.6. The second-order valence-corrected chi connectivity index (χ2v) is 4.33. The van der Waals surface area contributed by atoms with Gasteiger partial charge < -0.3 is 23.7 Å². The summed E-state index contributed by atoms with van der Waals surface area (Å²) in [6.07, 6.45) is 0. The smallest absolute Gasteiger partial charge is 0.404 e. The van der Waals surface area contributed by atoms with E-state index in [1.165, 1.54) is 6.54 Å². The fourth-order valence-corrected chi connectivity index (χ4v) is 0. The van der Waals surface area contributed by atoms with Gasteiger partial charge in [0.15, 0.2) is 0 Å². The van der Waals surface area contributed by atoms with Gasteiger partial charge in [0.2, 0.25) is 0 Å². The van der Waals surface area contributed by atoms with Crippen LogP contribution in [-0.4, -0.2) is 55.6 Å². The van der Waals surface area contributed by atoms with Gasteiger partial charge in [-0.15, -0.1) is 0 Å². The van der Waals surface area contributed by atoms with Crippen LogP contribution >= 0.6 is 0 Å². The van der Waals surface area contributed by atoms with E-state index >= 15 is 0 Å². The molecule has 0 heterocycles. The molecular weight excluding hydrogens is 166 g/mol. The first-order valence-electron chi connectivity index (χ1n) is 3.24. The van der Waals surface area contributed by atoms with Gasteiger partial charge in [0.05, 0.1) is 27.7 Å². The van der Waals surface area contributed by atoms with E-state index in [0.717, 1.165) is 4.48 Å². The highest BCUT2D eigenvalue weighted by molar-refractivity contribution is 6.44. The molecule has 11 heavy (non-hydrogen) atoms. The largest absolute Gasteiger partial charge is 0.794 e. The summed E-state index contributed by atoms with van der Waals surface area (Å²) in [4.78, 5) is 30.6. The third kappa shape index (κ3) is 70.7. The van der Waals surface area contributed by atoms with Crippen LogP contribution in [0.3, 0.4) is 0 Å². The topological polar surface area (TPSA) is 83.8 Å². The van der Waals surface area contributed by atoms with Crippen LogP contribution < -0.4 is 4.80 Å². The Labute approximate surface area is 68.2 Å². The van der Waals surface area contributed by atoms with Crippen molar-refractivity contribution in [2.75, 3.05) is 27.7 Å². The van der Waals surface area contributed by atoms with Crippen LogP contribution in [0.25, 0.3) is 0 Å². The average Bonchev–Trinajstić information content (AvgIpc) is 1.59. The maximum absolute atomic E-state index is 8.91. The lowest BCUT2D eigenvalue weighted by molar-refractivity contribution is -0.868. The summed E-state index contributed by atoms with van der Waals surface area (Å²) in [5, 5.41) is 0. The van der Waals surface area contributed by atoms with E-state index in [4.69, 9.17) is 19.2 Å². The predicted molar refractivity (Wildman–Crippen MR) is 41.0 cm³/mol. The van der Waals surface area contributed by atoms with E-state index in [0.29, 0.717) is 0 Å². The first-order chi connectivity index (χ1) is 4.56. The van der Waals surface area contributed by atoms with Crippen molar-refractivity contribution in [3.05, 3.63) is 0 Å². The summed E-state index contributed by atoms with van der Waals surface area (Å²) in [7, 11) is 1.68. The average molecular weight is 183 g/mol. The van der Waals surface area contributed by atoms with Gasteiger partial charge in [-0.05, 0) is 6.92 Å². The zero-order chi connectivity index (χ0) is 9.71. The highest BCUT2D eigenvalue weighted by atomic mass is 28.4. The molecule has 0 saturated carbocycles. The van der Waals surface area contributed by atoms with E-state index in [1.807, 2.05) is 0 Å². The van der Waals surface area contributed by atoms with Crippen molar-refractivity contribution in [3.8, 4) is 0 Å². The molecule has 6 heteroatoms. The van der Waals surface area contributed by atoms with Crippen LogP contribution in [0.2, 0.25) is 0 Å². The Morgan fingerprint density at radius 3 is 1.27 bits per heavy atom. The van der Waals surface area contributed by atoms with Crippen LogP contribution in [0.5, 0.6) is 0 Å². The summed E-state index contributed by atoms with van der Waals surface area (Å²) in [5.74, 6) is 0. The standard InChI is InChI=1S/C5H14N.H3O4Si/c1-5-6(2,3)4;1-5(2,3)4/h5H2,1-4H3;1-3H/q+1;-1. The Morgan fingerprint density at radius 1 is 1.18 bits per heavy atom. The zero-order valence-corrected chi connectivity index (χ0v) is 8.40. The van der Waals surface area contributed by atoms with Crippen LogP contribution in [0, 0.1) is 0 Å². The molecule has 0 atom stereocenters. The fourth-order valence-electron chi connectivity index (χ4n) is 0. The van der Waals surface area contributed by atoms with E-state index in [9.17, 15) is 0 Å². The molecule has 5 nitrogen and oxygen atoms in total.